The number of nitrogens with one attached hydrogen (secondary N) is 4. The molecule has 5 amide bonds. The molecule has 14 nitrogen and oxygen atoms in total. The number of benzene rings is 2. The predicted molar refractivity (Wildman–Crippen MR) is 296 cm³/mol. The zero-order chi connectivity index (χ0) is 53.4. The van der Waals surface area contributed by atoms with Crippen molar-refractivity contribution in [1.82, 2.24) is 31.1 Å². The van der Waals surface area contributed by atoms with Gasteiger partial charge in [0.25, 0.3) is 0 Å². The SMILES string of the molecule is CC[C@@H](C)C(=O)N[C@H]1CS[C@H]2CC(C)(C)[C@@H](C(=O)N[C@H](COCCCCCCCCCCCCOC[C@@H](CC(=O)[C@H]3N4C(=O)[C@@H](NC(=O)[C@H](C)NC)CS[C@H]4CC3(C)C)c3ccccc3)c3ccccc3)N2C1=O. The molecule has 74 heavy (non-hydrogen) atoms. The molecule has 0 radical (unpaired) electrons. The molecule has 4 N–H and O–H groups in total. The molecular formula is C58H88N6O8S2. The first-order chi connectivity index (χ1) is 35.5. The molecule has 4 aliphatic rings. The summed E-state index contributed by atoms with van der Waals surface area (Å²) in [5.41, 5.74) is 1.18. The summed E-state index contributed by atoms with van der Waals surface area (Å²) < 4.78 is 12.5. The van der Waals surface area contributed by atoms with E-state index >= 15 is 0 Å². The van der Waals surface area contributed by atoms with Crippen molar-refractivity contribution >= 4 is 58.8 Å². The fourth-order valence-corrected chi connectivity index (χ4v) is 14.3. The second-order valence-electron chi connectivity index (χ2n) is 22.6. The average molecular weight is 1060 g/mol. The molecule has 410 valence electrons. The molecule has 0 aliphatic carbocycles. The van der Waals surface area contributed by atoms with Crippen LogP contribution >= 0.6 is 23.5 Å². The Balaban J connectivity index is 0.853. The van der Waals surface area contributed by atoms with Gasteiger partial charge in [0.05, 0.1) is 42.1 Å². The Morgan fingerprint density at radius 1 is 0.649 bits per heavy atom. The van der Waals surface area contributed by atoms with Crippen molar-refractivity contribution in [3.63, 3.8) is 0 Å². The first-order valence-corrected chi connectivity index (χ1v) is 29.8. The van der Waals surface area contributed by atoms with E-state index < -0.39 is 41.0 Å². The van der Waals surface area contributed by atoms with Crippen molar-refractivity contribution in [2.75, 3.05) is 45.0 Å². The molecule has 4 heterocycles. The summed E-state index contributed by atoms with van der Waals surface area (Å²) in [4.78, 5) is 85.3. The number of fused-ring (bicyclic) bond motifs is 2. The maximum atomic E-state index is 14.3. The number of carbonyl (C=O) groups is 6. The topological polar surface area (TPSA) is 175 Å². The van der Waals surface area contributed by atoms with Crippen LogP contribution in [-0.2, 0) is 38.2 Å². The summed E-state index contributed by atoms with van der Waals surface area (Å²) >= 11 is 3.30. The molecular weight excluding hydrogens is 973 g/mol. The number of carbonyl (C=O) groups excluding carboxylic acids is 6. The third-order valence-corrected chi connectivity index (χ3v) is 18.4. The normalized spacial score (nSPS) is 24.6. The number of hydrogen-bond acceptors (Lipinski definition) is 11. The van der Waals surface area contributed by atoms with Crippen molar-refractivity contribution in [2.24, 2.45) is 16.7 Å². The van der Waals surface area contributed by atoms with E-state index in [2.05, 4.69) is 61.1 Å². The lowest BCUT2D eigenvalue weighted by Crippen LogP contribution is -2.61. The number of rotatable bonds is 30. The first kappa shape index (κ1) is 59.3. The largest absolute Gasteiger partial charge is 0.381 e. The molecule has 0 bridgehead atoms. The van der Waals surface area contributed by atoms with Gasteiger partial charge in [-0.1, -0.05) is 154 Å². The van der Waals surface area contributed by atoms with Gasteiger partial charge < -0.3 is 40.5 Å². The van der Waals surface area contributed by atoms with Gasteiger partial charge >= 0.3 is 0 Å². The van der Waals surface area contributed by atoms with E-state index in [1.54, 1.807) is 47.3 Å². The second-order valence-corrected chi connectivity index (χ2v) is 25.1. The van der Waals surface area contributed by atoms with E-state index in [1.165, 1.54) is 25.7 Å². The van der Waals surface area contributed by atoms with Gasteiger partial charge in [0.15, 0.2) is 5.78 Å². The van der Waals surface area contributed by atoms with E-state index in [1.807, 2.05) is 62.4 Å². The summed E-state index contributed by atoms with van der Waals surface area (Å²) in [6.07, 6.45) is 13.6. The first-order valence-electron chi connectivity index (χ1n) is 27.7. The van der Waals surface area contributed by atoms with Crippen LogP contribution in [0.25, 0.3) is 0 Å². The van der Waals surface area contributed by atoms with Gasteiger partial charge in [-0.25, -0.2) is 0 Å². The predicted octanol–water partition coefficient (Wildman–Crippen LogP) is 8.54. The van der Waals surface area contributed by atoms with Gasteiger partial charge in [-0.2, -0.15) is 0 Å². The van der Waals surface area contributed by atoms with E-state index in [0.29, 0.717) is 50.8 Å². The number of ketones is 1. The molecule has 4 aliphatic heterocycles. The minimum Gasteiger partial charge on any atom is -0.381 e. The molecule has 10 atom stereocenters. The molecule has 2 aromatic rings. The highest BCUT2D eigenvalue weighted by molar-refractivity contribution is 8.00. The van der Waals surface area contributed by atoms with Crippen molar-refractivity contribution < 1.29 is 38.2 Å². The van der Waals surface area contributed by atoms with Gasteiger partial charge in [0.2, 0.25) is 29.5 Å². The summed E-state index contributed by atoms with van der Waals surface area (Å²) in [5.74, 6) is -0.149. The Morgan fingerprint density at radius 2 is 1.11 bits per heavy atom. The van der Waals surface area contributed by atoms with Gasteiger partial charge in [-0.05, 0) is 68.0 Å². The number of Topliss-reactive ketones (excluding diaryl/α,β-unsaturated/α-hetero) is 1. The Bertz CT molecular complexity index is 2000. The maximum absolute atomic E-state index is 14.3. The van der Waals surface area contributed by atoms with Crippen LogP contribution in [0.1, 0.15) is 161 Å². The highest BCUT2D eigenvalue weighted by Crippen LogP contribution is 2.49. The number of nitrogens with zero attached hydrogens (tertiary/aromatic N) is 2. The molecule has 16 heteroatoms. The Morgan fingerprint density at radius 3 is 1.62 bits per heavy atom. The fourth-order valence-electron chi connectivity index (χ4n) is 11.1. The number of ether oxygens (including phenoxy) is 2. The Labute approximate surface area is 450 Å². The summed E-state index contributed by atoms with van der Waals surface area (Å²) in [5, 5.41) is 11.9. The molecule has 0 aromatic heterocycles. The molecule has 0 unspecified atom stereocenters. The van der Waals surface area contributed by atoms with Crippen LogP contribution in [0.2, 0.25) is 0 Å². The standard InChI is InChI=1S/C58H88N6O8S2/c1-9-39(2)52(66)61-45-37-74-49-34-58(6,7)51(64(49)56(45)70)54(68)60-44(42-28-22-19-23-29-42)36-72-31-25-17-15-13-11-10-12-14-16-24-30-71-35-43(41-26-20-18-21-27-41)32-47(65)50-57(4,5)33-48-63(50)55(69)46(38-73-48)62-53(67)40(3)59-8/h18-23,26-29,39-40,43-46,48-51,59H,9-17,24-25,30-38H2,1-8H3,(H,60,68)(H,61,66)(H,62,67)/t39-,40+,43-,44-,45+,46+,48+,49+,50-,51-/m1/s1. The second kappa shape index (κ2) is 28.4. The average Bonchev–Trinajstić information content (AvgIpc) is 3.85. The van der Waals surface area contributed by atoms with Crippen molar-refractivity contribution in [1.29, 1.82) is 0 Å². The van der Waals surface area contributed by atoms with Gasteiger partial charge in [-0.15, -0.1) is 23.5 Å². The molecule has 6 rings (SSSR count). The molecule has 0 saturated carbocycles. The zero-order valence-electron chi connectivity index (χ0n) is 45.7. The quantitative estimate of drug-likeness (QED) is 0.0552. The van der Waals surface area contributed by atoms with Crippen LogP contribution in [0.15, 0.2) is 60.7 Å². The van der Waals surface area contributed by atoms with Crippen molar-refractivity contribution in [2.45, 2.75) is 191 Å². The lowest BCUT2D eigenvalue weighted by atomic mass is 9.79. The molecule has 0 spiro atoms. The highest BCUT2D eigenvalue weighted by atomic mass is 32.2. The summed E-state index contributed by atoms with van der Waals surface area (Å²) in [6, 6.07) is 16.6. The third kappa shape index (κ3) is 15.8. The van der Waals surface area contributed by atoms with Crippen LogP contribution in [0.4, 0.5) is 0 Å². The van der Waals surface area contributed by atoms with Crippen molar-refractivity contribution in [3.05, 3.63) is 71.8 Å². The molecule has 2 aromatic carbocycles. The zero-order valence-corrected chi connectivity index (χ0v) is 47.3. The smallest absolute Gasteiger partial charge is 0.247 e. The van der Waals surface area contributed by atoms with Crippen LogP contribution in [0.5, 0.6) is 0 Å². The van der Waals surface area contributed by atoms with E-state index in [0.717, 1.165) is 56.1 Å². The number of unbranched alkanes of at least 4 members (excludes halogenated alkanes) is 9. The van der Waals surface area contributed by atoms with Crippen LogP contribution < -0.4 is 21.3 Å². The lowest BCUT2D eigenvalue weighted by molar-refractivity contribution is -0.144. The maximum Gasteiger partial charge on any atom is 0.247 e. The van der Waals surface area contributed by atoms with Gasteiger partial charge in [-0.3, -0.25) is 28.8 Å². The highest BCUT2D eigenvalue weighted by Gasteiger charge is 2.57. The Hall–Kier alpha value is -3.96. The van der Waals surface area contributed by atoms with E-state index in [9.17, 15) is 28.8 Å². The number of amides is 5. The number of hydrogen-bond donors (Lipinski definition) is 4. The molecule has 4 saturated heterocycles. The number of thioether (sulfide) groups is 2. The van der Waals surface area contributed by atoms with Crippen LogP contribution in [-0.4, -0.2) is 131 Å². The minimum atomic E-state index is -0.662. The van der Waals surface area contributed by atoms with E-state index in [4.69, 9.17) is 9.47 Å². The summed E-state index contributed by atoms with van der Waals surface area (Å²) in [7, 11) is 1.71. The monoisotopic (exact) mass is 1060 g/mol. The fraction of sp³-hybridized carbons (Fsp3) is 0.690. The third-order valence-electron chi connectivity index (χ3n) is 15.8. The van der Waals surface area contributed by atoms with E-state index in [-0.39, 0.29) is 70.4 Å². The van der Waals surface area contributed by atoms with Gasteiger partial charge in [0.1, 0.15) is 18.1 Å². The summed E-state index contributed by atoms with van der Waals surface area (Å²) in [6.45, 7) is 15.9. The van der Waals surface area contributed by atoms with Crippen LogP contribution in [0, 0.1) is 16.7 Å². The Kier molecular flexibility index (Phi) is 22.8. The van der Waals surface area contributed by atoms with Gasteiger partial charge in [0, 0.05) is 43.0 Å². The number of likely N-dealkylation sites (N-methyl/N-ethyl adjacent to an activating group) is 1. The van der Waals surface area contributed by atoms with Crippen LogP contribution in [0.3, 0.4) is 0 Å². The lowest BCUT2D eigenvalue weighted by Gasteiger charge is -2.39. The minimum absolute atomic E-state index is 0.0449. The van der Waals surface area contributed by atoms with Crippen molar-refractivity contribution in [3.8, 4) is 0 Å². The molecule has 4 fully saturated rings.